The minimum Gasteiger partial charge on any atom is -0.103 e. The molecule has 0 heteroatoms. The maximum absolute atomic E-state index is 3.75. The van der Waals surface area contributed by atoms with Gasteiger partial charge in [-0.05, 0) is 59.3 Å². The molecule has 0 aliphatic carbocycles. The van der Waals surface area contributed by atoms with Gasteiger partial charge in [0, 0.05) is 0 Å². The highest BCUT2D eigenvalue weighted by Gasteiger charge is 2.01. The van der Waals surface area contributed by atoms with Crippen molar-refractivity contribution in [3.05, 3.63) is 47.6 Å². The molecule has 0 saturated heterocycles. The zero-order valence-electron chi connectivity index (χ0n) is 12.9. The van der Waals surface area contributed by atoms with Gasteiger partial charge in [0.15, 0.2) is 0 Å². The molecule has 0 N–H and O–H groups in total. The highest BCUT2D eigenvalue weighted by molar-refractivity contribution is 5.14. The summed E-state index contributed by atoms with van der Waals surface area (Å²) in [6, 6.07) is 0. The highest BCUT2D eigenvalue weighted by Crippen LogP contribution is 2.18. The van der Waals surface area contributed by atoms with Gasteiger partial charge in [-0.3, -0.25) is 0 Å². The van der Waals surface area contributed by atoms with E-state index in [1.807, 2.05) is 6.08 Å². The van der Waals surface area contributed by atoms with Crippen LogP contribution in [-0.4, -0.2) is 0 Å². The van der Waals surface area contributed by atoms with Crippen LogP contribution in [0.15, 0.2) is 47.6 Å². The van der Waals surface area contributed by atoms with Gasteiger partial charge >= 0.3 is 0 Å². The van der Waals surface area contributed by atoms with Crippen molar-refractivity contribution in [1.82, 2.24) is 0 Å². The quantitative estimate of drug-likeness (QED) is 0.352. The van der Waals surface area contributed by atoms with Crippen molar-refractivity contribution in [2.24, 2.45) is 5.92 Å². The van der Waals surface area contributed by atoms with E-state index in [1.165, 1.54) is 29.6 Å². The summed E-state index contributed by atoms with van der Waals surface area (Å²) in [5.41, 5.74) is 4.45. The van der Waals surface area contributed by atoms with E-state index in [4.69, 9.17) is 0 Å². The first kappa shape index (κ1) is 17.0. The van der Waals surface area contributed by atoms with E-state index in [0.29, 0.717) is 5.92 Å². The van der Waals surface area contributed by atoms with Crippen molar-refractivity contribution >= 4 is 0 Å². The van der Waals surface area contributed by atoms with Crippen molar-refractivity contribution in [2.75, 3.05) is 0 Å². The van der Waals surface area contributed by atoms with E-state index in [0.717, 1.165) is 12.8 Å². The van der Waals surface area contributed by atoms with Gasteiger partial charge in [-0.15, -0.1) is 6.58 Å². The standard InChI is InChI=1S/C18H30/c1-7-9-10-11-17(5)18(6)14-16(4)13-12-15(3)8-2/h7-8,11,14,18H,1,9-10,12-13H2,2-6H3/b15-8-,16-14?,17-11?. The third kappa shape index (κ3) is 8.11. The minimum atomic E-state index is 0.556. The van der Waals surface area contributed by atoms with Crippen molar-refractivity contribution < 1.29 is 0 Å². The smallest absolute Gasteiger partial charge is 0.00519 e. The Kier molecular flexibility index (Phi) is 9.36. The molecule has 0 fully saturated rings. The first-order valence-corrected chi connectivity index (χ1v) is 7.07. The van der Waals surface area contributed by atoms with E-state index in [2.05, 4.69) is 59.4 Å². The number of unbranched alkanes of at least 4 members (excludes halogenated alkanes) is 1. The van der Waals surface area contributed by atoms with Gasteiger partial charge < -0.3 is 0 Å². The largest absolute Gasteiger partial charge is 0.103 e. The lowest BCUT2D eigenvalue weighted by atomic mass is 9.96. The molecule has 0 aromatic rings. The van der Waals surface area contributed by atoms with Crippen molar-refractivity contribution in [3.8, 4) is 0 Å². The molecule has 0 aliphatic heterocycles. The molecule has 0 amide bonds. The summed E-state index contributed by atoms with van der Waals surface area (Å²) in [6.45, 7) is 14.8. The molecule has 0 heterocycles. The number of hydrogen-bond acceptors (Lipinski definition) is 0. The Hall–Kier alpha value is -1.04. The lowest BCUT2D eigenvalue weighted by molar-refractivity contribution is 0.816. The van der Waals surface area contributed by atoms with E-state index in [-0.39, 0.29) is 0 Å². The molecular weight excluding hydrogens is 216 g/mol. The van der Waals surface area contributed by atoms with E-state index >= 15 is 0 Å². The number of rotatable bonds is 8. The van der Waals surface area contributed by atoms with Crippen LogP contribution in [0, 0.1) is 5.92 Å². The first-order chi connectivity index (χ1) is 8.51. The molecule has 0 aromatic carbocycles. The summed E-state index contributed by atoms with van der Waals surface area (Å²) in [5.74, 6) is 0.556. The Morgan fingerprint density at radius 2 is 1.67 bits per heavy atom. The second-order valence-electron chi connectivity index (χ2n) is 5.25. The predicted molar refractivity (Wildman–Crippen MR) is 84.8 cm³/mol. The van der Waals surface area contributed by atoms with Gasteiger partial charge in [-0.1, -0.05) is 47.9 Å². The van der Waals surface area contributed by atoms with Crippen LogP contribution in [0.3, 0.4) is 0 Å². The second kappa shape index (κ2) is 9.94. The Morgan fingerprint density at radius 1 is 1.06 bits per heavy atom. The van der Waals surface area contributed by atoms with Crippen LogP contribution >= 0.6 is 0 Å². The van der Waals surface area contributed by atoms with Crippen molar-refractivity contribution in [3.63, 3.8) is 0 Å². The Bertz CT molecular complexity index is 326. The fourth-order valence-electron chi connectivity index (χ4n) is 1.79. The van der Waals surface area contributed by atoms with Crippen molar-refractivity contribution in [1.29, 1.82) is 0 Å². The maximum atomic E-state index is 3.75. The molecular formula is C18H30. The fourth-order valence-corrected chi connectivity index (χ4v) is 1.79. The lowest BCUT2D eigenvalue weighted by Gasteiger charge is -2.10. The normalized spacial score (nSPS) is 15.7. The molecule has 0 saturated carbocycles. The average molecular weight is 246 g/mol. The van der Waals surface area contributed by atoms with Crippen LogP contribution in [0.5, 0.6) is 0 Å². The molecule has 102 valence electrons. The second-order valence-corrected chi connectivity index (χ2v) is 5.25. The van der Waals surface area contributed by atoms with Crippen LogP contribution in [0.1, 0.15) is 60.3 Å². The molecule has 0 aromatic heterocycles. The summed E-state index contributed by atoms with van der Waals surface area (Å²) in [6.07, 6.45) is 13.5. The zero-order valence-corrected chi connectivity index (χ0v) is 12.9. The Balaban J connectivity index is 4.28. The topological polar surface area (TPSA) is 0 Å². The van der Waals surface area contributed by atoms with E-state index in [1.54, 1.807) is 0 Å². The third-order valence-corrected chi connectivity index (χ3v) is 3.50. The SMILES string of the molecule is C=CCCC=C(C)C(C)C=C(C)CC/C(C)=C\C. The Labute approximate surface area is 114 Å². The summed E-state index contributed by atoms with van der Waals surface area (Å²) >= 11 is 0. The first-order valence-electron chi connectivity index (χ1n) is 7.07. The van der Waals surface area contributed by atoms with Gasteiger partial charge in [-0.2, -0.15) is 0 Å². The summed E-state index contributed by atoms with van der Waals surface area (Å²) in [7, 11) is 0. The lowest BCUT2D eigenvalue weighted by Crippen LogP contribution is -1.94. The highest BCUT2D eigenvalue weighted by atomic mass is 14.1. The number of allylic oxidation sites excluding steroid dienone is 7. The molecule has 0 nitrogen and oxygen atoms in total. The summed E-state index contributed by atoms with van der Waals surface area (Å²) < 4.78 is 0. The monoisotopic (exact) mass is 246 g/mol. The van der Waals surface area contributed by atoms with Gasteiger partial charge in [0.2, 0.25) is 0 Å². The predicted octanol–water partition coefficient (Wildman–Crippen LogP) is 6.23. The number of hydrogen-bond donors (Lipinski definition) is 0. The molecule has 0 rings (SSSR count). The molecule has 0 radical (unpaired) electrons. The molecule has 0 bridgehead atoms. The van der Waals surface area contributed by atoms with Crippen LogP contribution in [-0.2, 0) is 0 Å². The van der Waals surface area contributed by atoms with Gasteiger partial charge in [0.25, 0.3) is 0 Å². The van der Waals surface area contributed by atoms with Crippen LogP contribution in [0.25, 0.3) is 0 Å². The van der Waals surface area contributed by atoms with Crippen molar-refractivity contribution in [2.45, 2.75) is 60.3 Å². The molecule has 1 unspecified atom stereocenters. The van der Waals surface area contributed by atoms with Crippen LogP contribution in [0.2, 0.25) is 0 Å². The molecule has 1 atom stereocenters. The Morgan fingerprint density at radius 3 is 2.22 bits per heavy atom. The zero-order chi connectivity index (χ0) is 14.0. The molecule has 0 spiro atoms. The van der Waals surface area contributed by atoms with Crippen LogP contribution in [0.4, 0.5) is 0 Å². The van der Waals surface area contributed by atoms with Gasteiger partial charge in [-0.25, -0.2) is 0 Å². The molecule has 0 aliphatic rings. The molecule has 18 heavy (non-hydrogen) atoms. The van der Waals surface area contributed by atoms with Crippen LogP contribution < -0.4 is 0 Å². The summed E-state index contributed by atoms with van der Waals surface area (Å²) in [5, 5.41) is 0. The maximum Gasteiger partial charge on any atom is -0.00519 e. The van der Waals surface area contributed by atoms with E-state index in [9.17, 15) is 0 Å². The van der Waals surface area contributed by atoms with Gasteiger partial charge in [0.1, 0.15) is 0 Å². The minimum absolute atomic E-state index is 0.556. The average Bonchev–Trinajstić information content (AvgIpc) is 2.35. The fraction of sp³-hybridized carbons (Fsp3) is 0.556. The van der Waals surface area contributed by atoms with E-state index < -0.39 is 0 Å². The summed E-state index contributed by atoms with van der Waals surface area (Å²) in [4.78, 5) is 0. The van der Waals surface area contributed by atoms with Gasteiger partial charge in [0.05, 0.1) is 0 Å². The third-order valence-electron chi connectivity index (χ3n) is 3.50.